The topological polar surface area (TPSA) is 77.8 Å². The second-order valence-corrected chi connectivity index (χ2v) is 4.02. The molecule has 2 aromatic rings. The molecule has 0 amide bonds. The molecule has 0 aliphatic carbocycles. The zero-order chi connectivity index (χ0) is 12.4. The van der Waals surface area contributed by atoms with Crippen molar-refractivity contribution in [3.63, 3.8) is 0 Å². The molecule has 0 spiro atoms. The van der Waals surface area contributed by atoms with Crippen LogP contribution in [-0.4, -0.2) is 9.97 Å². The van der Waals surface area contributed by atoms with E-state index < -0.39 is 11.2 Å². The van der Waals surface area contributed by atoms with Gasteiger partial charge in [0, 0.05) is 6.07 Å². The number of benzene rings is 1. The van der Waals surface area contributed by atoms with Crippen LogP contribution in [0.4, 0.5) is 11.5 Å². The summed E-state index contributed by atoms with van der Waals surface area (Å²) in [7, 11) is 0. The quantitative estimate of drug-likeness (QED) is 0.761. The molecule has 0 bridgehead atoms. The van der Waals surface area contributed by atoms with Crippen molar-refractivity contribution in [1.82, 2.24) is 9.97 Å². The van der Waals surface area contributed by atoms with Crippen molar-refractivity contribution < 1.29 is 0 Å². The number of nitrogens with one attached hydrogen (secondary N) is 3. The molecule has 3 N–H and O–H groups in total. The SMILES string of the molecule is Cc1ccc(Nc2cc(=O)[nH]c(=O)[nH]2)c(Cl)c1. The lowest BCUT2D eigenvalue weighted by Gasteiger charge is -2.07. The van der Waals surface area contributed by atoms with Crippen molar-refractivity contribution in [1.29, 1.82) is 0 Å². The van der Waals surface area contributed by atoms with Gasteiger partial charge < -0.3 is 5.32 Å². The van der Waals surface area contributed by atoms with Crippen molar-refractivity contribution in [2.75, 3.05) is 5.32 Å². The normalized spacial score (nSPS) is 10.2. The molecule has 1 aromatic heterocycles. The molecule has 0 aliphatic heterocycles. The summed E-state index contributed by atoms with van der Waals surface area (Å²) in [6.45, 7) is 1.92. The molecule has 1 heterocycles. The van der Waals surface area contributed by atoms with Gasteiger partial charge in [-0.25, -0.2) is 4.79 Å². The molecule has 0 atom stereocenters. The van der Waals surface area contributed by atoms with Crippen LogP contribution >= 0.6 is 11.6 Å². The summed E-state index contributed by atoms with van der Waals surface area (Å²) < 4.78 is 0. The van der Waals surface area contributed by atoms with Crippen LogP contribution in [0.15, 0.2) is 33.9 Å². The number of anilines is 2. The van der Waals surface area contributed by atoms with Gasteiger partial charge in [-0.05, 0) is 24.6 Å². The predicted octanol–water partition coefficient (Wildman–Crippen LogP) is 1.77. The average molecular weight is 252 g/mol. The lowest BCUT2D eigenvalue weighted by Crippen LogP contribution is -2.22. The third-order valence-electron chi connectivity index (χ3n) is 2.15. The Hall–Kier alpha value is -2.01. The largest absolute Gasteiger partial charge is 0.340 e. The van der Waals surface area contributed by atoms with Gasteiger partial charge in [0.25, 0.3) is 5.56 Å². The molecule has 0 saturated heterocycles. The summed E-state index contributed by atoms with van der Waals surface area (Å²) in [6.07, 6.45) is 0. The molecule has 17 heavy (non-hydrogen) atoms. The van der Waals surface area contributed by atoms with Gasteiger partial charge >= 0.3 is 5.69 Å². The van der Waals surface area contributed by atoms with Crippen LogP contribution in [0, 0.1) is 6.92 Å². The zero-order valence-corrected chi connectivity index (χ0v) is 9.76. The monoisotopic (exact) mass is 251 g/mol. The molecular weight excluding hydrogens is 242 g/mol. The standard InChI is InChI=1S/C11H10ClN3O2/c1-6-2-3-8(7(12)4-6)13-9-5-10(16)15-11(17)14-9/h2-5H,1H3,(H3,13,14,15,16,17). The Kier molecular flexibility index (Phi) is 3.01. The molecular formula is C11H10ClN3O2. The van der Waals surface area contributed by atoms with Crippen LogP contribution in [0.3, 0.4) is 0 Å². The first-order valence-corrected chi connectivity index (χ1v) is 5.29. The van der Waals surface area contributed by atoms with Crippen molar-refractivity contribution in [3.8, 4) is 0 Å². The number of aryl methyl sites for hydroxylation is 1. The molecule has 0 aliphatic rings. The summed E-state index contributed by atoms with van der Waals surface area (Å²) in [6, 6.07) is 6.68. The van der Waals surface area contributed by atoms with E-state index in [0.717, 1.165) is 5.56 Å². The van der Waals surface area contributed by atoms with Crippen molar-refractivity contribution in [2.45, 2.75) is 6.92 Å². The molecule has 0 radical (unpaired) electrons. The molecule has 6 heteroatoms. The van der Waals surface area contributed by atoms with E-state index in [2.05, 4.69) is 15.3 Å². The van der Waals surface area contributed by atoms with E-state index in [9.17, 15) is 9.59 Å². The number of hydrogen-bond donors (Lipinski definition) is 3. The second-order valence-electron chi connectivity index (χ2n) is 3.61. The summed E-state index contributed by atoms with van der Waals surface area (Å²) in [5.41, 5.74) is 0.612. The Morgan fingerprint density at radius 2 is 1.94 bits per heavy atom. The van der Waals surface area contributed by atoms with Gasteiger partial charge in [-0.15, -0.1) is 0 Å². The van der Waals surface area contributed by atoms with E-state index >= 15 is 0 Å². The number of aromatic amines is 2. The van der Waals surface area contributed by atoms with Gasteiger partial charge in [0.2, 0.25) is 0 Å². The molecule has 5 nitrogen and oxygen atoms in total. The van der Waals surface area contributed by atoms with Crippen LogP contribution in [0.25, 0.3) is 0 Å². The van der Waals surface area contributed by atoms with E-state index in [1.54, 1.807) is 12.1 Å². The van der Waals surface area contributed by atoms with Crippen LogP contribution in [-0.2, 0) is 0 Å². The van der Waals surface area contributed by atoms with E-state index in [4.69, 9.17) is 11.6 Å². The number of aromatic nitrogens is 2. The minimum Gasteiger partial charge on any atom is -0.340 e. The van der Waals surface area contributed by atoms with Gasteiger partial charge in [-0.1, -0.05) is 17.7 Å². The lowest BCUT2D eigenvalue weighted by molar-refractivity contribution is 1.04. The third-order valence-corrected chi connectivity index (χ3v) is 2.47. The van der Waals surface area contributed by atoms with E-state index in [1.807, 2.05) is 13.0 Å². The number of rotatable bonds is 2. The van der Waals surface area contributed by atoms with Gasteiger partial charge in [0.15, 0.2) is 0 Å². The molecule has 0 unspecified atom stereocenters. The van der Waals surface area contributed by atoms with Crippen LogP contribution < -0.4 is 16.6 Å². The Balaban J connectivity index is 2.37. The fraction of sp³-hybridized carbons (Fsp3) is 0.0909. The predicted molar refractivity (Wildman–Crippen MR) is 67.2 cm³/mol. The van der Waals surface area contributed by atoms with E-state index in [-0.39, 0.29) is 0 Å². The number of hydrogen-bond acceptors (Lipinski definition) is 3. The van der Waals surface area contributed by atoms with E-state index in [0.29, 0.717) is 16.5 Å². The average Bonchev–Trinajstić information content (AvgIpc) is 2.21. The summed E-state index contributed by atoms with van der Waals surface area (Å²) in [4.78, 5) is 26.7. The first-order chi connectivity index (χ1) is 8.04. The number of halogens is 1. The highest BCUT2D eigenvalue weighted by atomic mass is 35.5. The minimum absolute atomic E-state index is 0.296. The molecule has 0 fully saturated rings. The van der Waals surface area contributed by atoms with Gasteiger partial charge in [0.1, 0.15) is 5.82 Å². The molecule has 88 valence electrons. The van der Waals surface area contributed by atoms with E-state index in [1.165, 1.54) is 6.07 Å². The first kappa shape index (κ1) is 11.5. The Morgan fingerprint density at radius 1 is 1.18 bits per heavy atom. The maximum Gasteiger partial charge on any atom is 0.327 e. The molecule has 2 rings (SSSR count). The van der Waals surface area contributed by atoms with Gasteiger partial charge in [0.05, 0.1) is 10.7 Å². The zero-order valence-electron chi connectivity index (χ0n) is 9.00. The smallest absolute Gasteiger partial charge is 0.327 e. The maximum absolute atomic E-state index is 11.1. The highest BCUT2D eigenvalue weighted by Crippen LogP contribution is 2.24. The fourth-order valence-corrected chi connectivity index (χ4v) is 1.68. The van der Waals surface area contributed by atoms with Crippen molar-refractivity contribution >= 4 is 23.1 Å². The Labute approximate surface area is 101 Å². The fourth-order valence-electron chi connectivity index (χ4n) is 1.40. The van der Waals surface area contributed by atoms with Crippen LogP contribution in [0.5, 0.6) is 0 Å². The van der Waals surface area contributed by atoms with Gasteiger partial charge in [-0.3, -0.25) is 14.8 Å². The highest BCUT2D eigenvalue weighted by molar-refractivity contribution is 6.33. The van der Waals surface area contributed by atoms with Crippen molar-refractivity contribution in [3.05, 3.63) is 55.7 Å². The minimum atomic E-state index is -0.566. The summed E-state index contributed by atoms with van der Waals surface area (Å²) in [5, 5.41) is 3.39. The Morgan fingerprint density at radius 3 is 2.59 bits per heavy atom. The first-order valence-electron chi connectivity index (χ1n) is 4.91. The molecule has 0 saturated carbocycles. The van der Waals surface area contributed by atoms with Gasteiger partial charge in [-0.2, -0.15) is 0 Å². The third kappa shape index (κ3) is 2.76. The second kappa shape index (κ2) is 4.47. The van der Waals surface area contributed by atoms with Crippen LogP contribution in [0.2, 0.25) is 5.02 Å². The summed E-state index contributed by atoms with van der Waals surface area (Å²) >= 11 is 6.02. The lowest BCUT2D eigenvalue weighted by atomic mass is 10.2. The molecule has 1 aromatic carbocycles. The summed E-state index contributed by atoms with van der Waals surface area (Å²) in [5.74, 6) is 0.296. The van der Waals surface area contributed by atoms with Crippen molar-refractivity contribution in [2.24, 2.45) is 0 Å². The number of H-pyrrole nitrogens is 2. The highest BCUT2D eigenvalue weighted by Gasteiger charge is 2.02. The Bertz CT molecular complexity index is 632. The van der Waals surface area contributed by atoms with Crippen LogP contribution in [0.1, 0.15) is 5.56 Å². The maximum atomic E-state index is 11.1.